The second-order valence-corrected chi connectivity index (χ2v) is 5.02. The van der Waals surface area contributed by atoms with Crippen LogP contribution in [-0.2, 0) is 4.79 Å². The van der Waals surface area contributed by atoms with Gasteiger partial charge in [-0.15, -0.1) is 0 Å². The molecule has 4 nitrogen and oxygen atoms in total. The van der Waals surface area contributed by atoms with Gasteiger partial charge in [-0.3, -0.25) is 4.79 Å². The lowest BCUT2D eigenvalue weighted by molar-refractivity contribution is -0.145. The van der Waals surface area contributed by atoms with Crippen LogP contribution in [0, 0.1) is 0 Å². The minimum atomic E-state index is -0.822. The van der Waals surface area contributed by atoms with Crippen molar-refractivity contribution in [3.05, 3.63) is 29.8 Å². The summed E-state index contributed by atoms with van der Waals surface area (Å²) < 4.78 is 5.62. The molecule has 0 aromatic heterocycles. The number of hydrogen-bond donors (Lipinski definition) is 2. The van der Waals surface area contributed by atoms with E-state index in [9.17, 15) is 9.90 Å². The maximum Gasteiger partial charge on any atom is 0.323 e. The molecule has 1 aliphatic rings. The summed E-state index contributed by atoms with van der Waals surface area (Å²) in [5.41, 5.74) is 0.346. The zero-order valence-electron chi connectivity index (χ0n) is 11.5. The number of fused-ring (bicyclic) bond motifs is 1. The number of aliphatic carboxylic acids is 1. The Morgan fingerprint density at radius 1 is 1.42 bits per heavy atom. The van der Waals surface area contributed by atoms with Crippen molar-refractivity contribution < 1.29 is 14.6 Å². The normalized spacial score (nSPS) is 17.9. The van der Waals surface area contributed by atoms with Crippen molar-refractivity contribution in [1.29, 1.82) is 0 Å². The number of carboxylic acid groups (broad SMARTS) is 1. The number of rotatable bonds is 6. The first-order valence-electron chi connectivity index (χ1n) is 6.83. The van der Waals surface area contributed by atoms with Gasteiger partial charge in [0.1, 0.15) is 11.3 Å². The predicted molar refractivity (Wildman–Crippen MR) is 73.6 cm³/mol. The number of benzene rings is 1. The third-order valence-corrected chi connectivity index (χ3v) is 4.10. The lowest BCUT2D eigenvalue weighted by Crippen LogP contribution is -2.52. The zero-order chi connectivity index (χ0) is 13.9. The van der Waals surface area contributed by atoms with Crippen molar-refractivity contribution in [2.24, 2.45) is 0 Å². The molecule has 1 aliphatic heterocycles. The summed E-state index contributed by atoms with van der Waals surface area (Å²) in [6.07, 6.45) is 1.15. The van der Waals surface area contributed by atoms with E-state index in [1.807, 2.05) is 32.0 Å². The van der Waals surface area contributed by atoms with E-state index in [1.165, 1.54) is 5.56 Å². The highest BCUT2D eigenvalue weighted by molar-refractivity contribution is 5.78. The Bertz CT molecular complexity index is 454. The number of hydrogen-bond acceptors (Lipinski definition) is 3. The van der Waals surface area contributed by atoms with Gasteiger partial charge in [0.2, 0.25) is 0 Å². The van der Waals surface area contributed by atoms with Crippen LogP contribution < -0.4 is 10.1 Å². The molecule has 19 heavy (non-hydrogen) atoms. The maximum absolute atomic E-state index is 11.4. The summed E-state index contributed by atoms with van der Waals surface area (Å²) in [7, 11) is 0. The van der Waals surface area contributed by atoms with Crippen LogP contribution in [0.25, 0.3) is 0 Å². The van der Waals surface area contributed by atoms with Gasteiger partial charge in [0.15, 0.2) is 0 Å². The third-order valence-electron chi connectivity index (χ3n) is 4.10. The van der Waals surface area contributed by atoms with Crippen molar-refractivity contribution >= 4 is 5.97 Å². The van der Waals surface area contributed by atoms with Crippen LogP contribution in [0.4, 0.5) is 0 Å². The van der Waals surface area contributed by atoms with Crippen LogP contribution >= 0.6 is 0 Å². The minimum absolute atomic E-state index is 0.230. The van der Waals surface area contributed by atoms with Gasteiger partial charge in [0, 0.05) is 18.0 Å². The summed E-state index contributed by atoms with van der Waals surface area (Å²) in [4.78, 5) is 11.4. The predicted octanol–water partition coefficient (Wildman–Crippen LogP) is 2.40. The van der Waals surface area contributed by atoms with Crippen molar-refractivity contribution in [3.63, 3.8) is 0 Å². The van der Waals surface area contributed by atoms with Gasteiger partial charge >= 0.3 is 5.97 Å². The summed E-state index contributed by atoms with van der Waals surface area (Å²) >= 11 is 0. The number of nitrogens with one attached hydrogen (secondary N) is 1. The molecule has 1 aromatic rings. The Kier molecular flexibility index (Phi) is 4.10. The van der Waals surface area contributed by atoms with Crippen molar-refractivity contribution in [1.82, 2.24) is 5.32 Å². The highest BCUT2D eigenvalue weighted by Gasteiger charge is 2.36. The molecule has 0 saturated carbocycles. The van der Waals surface area contributed by atoms with Crippen LogP contribution in [0.3, 0.4) is 0 Å². The summed E-state index contributed by atoms with van der Waals surface area (Å²) in [6.45, 7) is 5.06. The molecular formula is C15H21NO3. The van der Waals surface area contributed by atoms with E-state index in [0.29, 0.717) is 26.0 Å². The molecule has 0 bridgehead atoms. The van der Waals surface area contributed by atoms with E-state index < -0.39 is 11.5 Å². The van der Waals surface area contributed by atoms with Crippen LogP contribution in [0.2, 0.25) is 0 Å². The standard InChI is InChI=1S/C15H21NO3/c1-3-15(4-2,14(17)18)16-9-11-10-19-13-8-6-5-7-12(11)13/h5-8,11,16H,3-4,9-10H2,1-2H3,(H,17,18). The average Bonchev–Trinajstić information content (AvgIpc) is 2.84. The maximum atomic E-state index is 11.4. The Hall–Kier alpha value is -1.55. The van der Waals surface area contributed by atoms with Gasteiger partial charge in [0.25, 0.3) is 0 Å². The molecule has 0 amide bonds. The average molecular weight is 263 g/mol. The molecule has 0 aliphatic carbocycles. The summed E-state index contributed by atoms with van der Waals surface area (Å²) in [5, 5.41) is 12.6. The van der Waals surface area contributed by atoms with Crippen LogP contribution in [-0.4, -0.2) is 29.8 Å². The van der Waals surface area contributed by atoms with Gasteiger partial charge in [-0.25, -0.2) is 0 Å². The Balaban J connectivity index is 2.05. The SMILES string of the molecule is CCC(CC)(NCC1COc2ccccc21)C(=O)O. The van der Waals surface area contributed by atoms with E-state index >= 15 is 0 Å². The largest absolute Gasteiger partial charge is 0.493 e. The number of carbonyl (C=O) groups is 1. The first-order chi connectivity index (χ1) is 9.13. The second-order valence-electron chi connectivity index (χ2n) is 5.02. The summed E-state index contributed by atoms with van der Waals surface area (Å²) in [6, 6.07) is 7.95. The smallest absolute Gasteiger partial charge is 0.323 e. The van der Waals surface area contributed by atoms with Crippen molar-refractivity contribution in [2.45, 2.75) is 38.1 Å². The molecule has 1 unspecified atom stereocenters. The second kappa shape index (κ2) is 5.61. The first-order valence-corrected chi connectivity index (χ1v) is 6.83. The Labute approximate surface area is 113 Å². The quantitative estimate of drug-likeness (QED) is 0.827. The molecule has 0 saturated heterocycles. The van der Waals surface area contributed by atoms with Gasteiger partial charge in [-0.05, 0) is 18.9 Å². The van der Waals surface area contributed by atoms with Gasteiger partial charge in [0.05, 0.1) is 6.61 Å². The molecular weight excluding hydrogens is 242 g/mol. The van der Waals surface area contributed by atoms with Crippen LogP contribution in [0.1, 0.15) is 38.2 Å². The highest BCUT2D eigenvalue weighted by atomic mass is 16.5. The van der Waals surface area contributed by atoms with Crippen LogP contribution in [0.15, 0.2) is 24.3 Å². The minimum Gasteiger partial charge on any atom is -0.493 e. The van der Waals surface area contributed by atoms with E-state index in [0.717, 1.165) is 5.75 Å². The molecule has 0 radical (unpaired) electrons. The molecule has 1 atom stereocenters. The fourth-order valence-electron chi connectivity index (χ4n) is 2.59. The Morgan fingerprint density at radius 3 is 2.74 bits per heavy atom. The molecule has 1 heterocycles. The van der Waals surface area contributed by atoms with E-state index in [1.54, 1.807) is 0 Å². The van der Waals surface area contributed by atoms with E-state index in [-0.39, 0.29) is 5.92 Å². The monoisotopic (exact) mass is 263 g/mol. The molecule has 0 fully saturated rings. The van der Waals surface area contributed by atoms with Crippen molar-refractivity contribution in [2.75, 3.05) is 13.2 Å². The zero-order valence-corrected chi connectivity index (χ0v) is 11.5. The first kappa shape index (κ1) is 13.9. The number of para-hydroxylation sites is 1. The fraction of sp³-hybridized carbons (Fsp3) is 0.533. The van der Waals surface area contributed by atoms with E-state index in [2.05, 4.69) is 11.4 Å². The third kappa shape index (κ3) is 2.59. The molecule has 4 heteroatoms. The number of ether oxygens (including phenoxy) is 1. The molecule has 1 aromatic carbocycles. The van der Waals surface area contributed by atoms with Gasteiger partial charge in [-0.1, -0.05) is 32.0 Å². The highest BCUT2D eigenvalue weighted by Crippen LogP contribution is 2.33. The molecule has 0 spiro atoms. The van der Waals surface area contributed by atoms with Crippen molar-refractivity contribution in [3.8, 4) is 5.75 Å². The lowest BCUT2D eigenvalue weighted by atomic mass is 9.91. The molecule has 2 N–H and O–H groups in total. The Morgan fingerprint density at radius 2 is 2.11 bits per heavy atom. The molecule has 104 valence electrons. The topological polar surface area (TPSA) is 58.6 Å². The van der Waals surface area contributed by atoms with Gasteiger partial charge < -0.3 is 15.2 Å². The lowest BCUT2D eigenvalue weighted by Gasteiger charge is -2.29. The van der Waals surface area contributed by atoms with E-state index in [4.69, 9.17) is 4.74 Å². The fourth-order valence-corrected chi connectivity index (χ4v) is 2.59. The van der Waals surface area contributed by atoms with Gasteiger partial charge in [-0.2, -0.15) is 0 Å². The number of carboxylic acids is 1. The van der Waals surface area contributed by atoms with Crippen LogP contribution in [0.5, 0.6) is 5.75 Å². The molecule has 2 rings (SSSR count). The summed E-state index contributed by atoms with van der Waals surface area (Å²) in [5.74, 6) is 0.376.